The molecule has 0 aliphatic heterocycles. The third-order valence-electron chi connectivity index (χ3n) is 5.33. The number of nitrogens with zero attached hydrogens (tertiary/aromatic N) is 1. The molecule has 0 heterocycles. The van der Waals surface area contributed by atoms with Crippen molar-refractivity contribution in [1.82, 2.24) is 5.32 Å². The van der Waals surface area contributed by atoms with E-state index in [1.165, 1.54) is 48.8 Å². The maximum Gasteiger partial charge on any atom is 0.332 e. The second kappa shape index (κ2) is 10.1. The number of rotatable bonds is 5. The molecule has 140 valence electrons. The van der Waals surface area contributed by atoms with E-state index in [0.717, 1.165) is 37.8 Å². The third-order valence-corrected chi connectivity index (χ3v) is 5.72. The number of benzene rings is 1. The smallest absolute Gasteiger partial charge is 0.332 e. The summed E-state index contributed by atoms with van der Waals surface area (Å²) in [5, 5.41) is 3.23. The molecule has 0 aromatic heterocycles. The van der Waals surface area contributed by atoms with Gasteiger partial charge in [0.15, 0.2) is 0 Å². The van der Waals surface area contributed by atoms with Crippen LogP contribution in [0.4, 0.5) is 10.5 Å². The largest absolute Gasteiger partial charge is 0.334 e. The fourth-order valence-corrected chi connectivity index (χ4v) is 4.10. The molecule has 1 fully saturated rings. The highest BCUT2D eigenvalue weighted by Crippen LogP contribution is 2.30. The first-order valence-corrected chi connectivity index (χ1v) is 10.4. The SMILES string of the molecule is CCc1cc(CC)c(N(S)C(=O)NC2CCCCCCC2)c(CC)c1. The summed E-state index contributed by atoms with van der Waals surface area (Å²) in [6, 6.07) is 4.65. The minimum Gasteiger partial charge on any atom is -0.334 e. The summed E-state index contributed by atoms with van der Waals surface area (Å²) in [4.78, 5) is 12.8. The molecule has 1 aromatic rings. The van der Waals surface area contributed by atoms with E-state index in [4.69, 9.17) is 0 Å². The van der Waals surface area contributed by atoms with Gasteiger partial charge < -0.3 is 5.32 Å². The Kier molecular flexibility index (Phi) is 8.14. The molecular formula is C21H34N2OS. The lowest BCUT2D eigenvalue weighted by Crippen LogP contribution is -2.42. The Morgan fingerprint density at radius 1 is 1.00 bits per heavy atom. The zero-order chi connectivity index (χ0) is 18.2. The summed E-state index contributed by atoms with van der Waals surface area (Å²) in [5.74, 6) is 0. The Morgan fingerprint density at radius 3 is 2.00 bits per heavy atom. The molecule has 1 aromatic carbocycles. The van der Waals surface area contributed by atoms with Crippen molar-refractivity contribution in [2.75, 3.05) is 4.31 Å². The van der Waals surface area contributed by atoms with E-state index in [-0.39, 0.29) is 12.1 Å². The van der Waals surface area contributed by atoms with Crippen molar-refractivity contribution >= 4 is 24.5 Å². The van der Waals surface area contributed by atoms with Crippen LogP contribution in [0.25, 0.3) is 0 Å². The minimum atomic E-state index is -0.0810. The van der Waals surface area contributed by atoms with Crippen molar-refractivity contribution in [2.24, 2.45) is 0 Å². The molecule has 2 amide bonds. The van der Waals surface area contributed by atoms with E-state index < -0.39 is 0 Å². The highest BCUT2D eigenvalue weighted by molar-refractivity contribution is 7.82. The van der Waals surface area contributed by atoms with E-state index in [0.29, 0.717) is 0 Å². The number of thiol groups is 1. The number of urea groups is 1. The van der Waals surface area contributed by atoms with E-state index in [2.05, 4.69) is 51.0 Å². The first kappa shape index (κ1) is 20.2. The lowest BCUT2D eigenvalue weighted by Gasteiger charge is -2.27. The Labute approximate surface area is 159 Å². The normalized spacial score (nSPS) is 16.2. The Morgan fingerprint density at radius 2 is 1.52 bits per heavy atom. The number of amides is 2. The molecule has 0 atom stereocenters. The maximum absolute atomic E-state index is 12.8. The fourth-order valence-electron chi connectivity index (χ4n) is 3.79. The second-order valence-electron chi connectivity index (χ2n) is 7.13. The predicted molar refractivity (Wildman–Crippen MR) is 111 cm³/mol. The van der Waals surface area contributed by atoms with Gasteiger partial charge in [0, 0.05) is 6.04 Å². The molecule has 25 heavy (non-hydrogen) atoms. The standard InChI is InChI=1S/C21H34N2OS/c1-4-16-14-17(5-2)20(18(6-3)15-16)23(25)21(24)22-19-12-10-8-7-9-11-13-19/h14-15,19,25H,4-13H2,1-3H3,(H,22,24). The van der Waals surface area contributed by atoms with Crippen LogP contribution in [-0.4, -0.2) is 12.1 Å². The van der Waals surface area contributed by atoms with Crippen molar-refractivity contribution < 1.29 is 4.79 Å². The van der Waals surface area contributed by atoms with Gasteiger partial charge in [0.05, 0.1) is 5.69 Å². The molecule has 4 heteroatoms. The van der Waals surface area contributed by atoms with Crippen molar-refractivity contribution in [1.29, 1.82) is 0 Å². The lowest BCUT2D eigenvalue weighted by molar-refractivity contribution is 0.243. The minimum absolute atomic E-state index is 0.0810. The van der Waals surface area contributed by atoms with Crippen LogP contribution in [0, 0.1) is 0 Å². The first-order valence-electron chi connectivity index (χ1n) is 10.0. The molecule has 0 radical (unpaired) electrons. The van der Waals surface area contributed by atoms with Gasteiger partial charge in [0.2, 0.25) is 0 Å². The van der Waals surface area contributed by atoms with Crippen LogP contribution >= 0.6 is 12.8 Å². The fraction of sp³-hybridized carbons (Fsp3) is 0.667. The van der Waals surface area contributed by atoms with Crippen molar-refractivity contribution in [3.63, 3.8) is 0 Å². The number of anilines is 1. The monoisotopic (exact) mass is 362 g/mol. The number of nitrogens with one attached hydrogen (secondary N) is 1. The van der Waals surface area contributed by atoms with Gasteiger partial charge in [-0.15, -0.1) is 0 Å². The number of aryl methyl sites for hydroxylation is 3. The summed E-state index contributed by atoms with van der Waals surface area (Å²) in [5.41, 5.74) is 4.73. The second-order valence-corrected chi connectivity index (χ2v) is 7.53. The summed E-state index contributed by atoms with van der Waals surface area (Å²) < 4.78 is 1.55. The van der Waals surface area contributed by atoms with E-state index in [9.17, 15) is 4.79 Å². The number of carbonyl (C=O) groups is 1. The highest BCUT2D eigenvalue weighted by atomic mass is 32.1. The summed E-state index contributed by atoms with van der Waals surface area (Å²) >= 11 is 4.59. The molecule has 0 bridgehead atoms. The van der Waals surface area contributed by atoms with Gasteiger partial charge in [-0.1, -0.05) is 77.8 Å². The molecule has 1 N–H and O–H groups in total. The molecule has 0 spiro atoms. The topological polar surface area (TPSA) is 32.3 Å². The van der Waals surface area contributed by atoms with Crippen molar-refractivity contribution in [3.05, 3.63) is 28.8 Å². The van der Waals surface area contributed by atoms with Gasteiger partial charge >= 0.3 is 6.03 Å². The van der Waals surface area contributed by atoms with Crippen LogP contribution in [0.1, 0.15) is 82.4 Å². The van der Waals surface area contributed by atoms with Crippen molar-refractivity contribution in [3.8, 4) is 0 Å². The predicted octanol–water partition coefficient (Wildman–Crippen LogP) is 5.85. The molecular weight excluding hydrogens is 328 g/mol. The van der Waals surface area contributed by atoms with Crippen LogP contribution in [0.2, 0.25) is 0 Å². The molecule has 1 aliphatic carbocycles. The molecule has 1 aliphatic rings. The number of hydrogen-bond acceptors (Lipinski definition) is 2. The first-order chi connectivity index (χ1) is 12.1. The average molecular weight is 363 g/mol. The van der Waals surface area contributed by atoms with Crippen LogP contribution in [0.3, 0.4) is 0 Å². The third kappa shape index (κ3) is 5.40. The quantitative estimate of drug-likeness (QED) is 0.633. The van der Waals surface area contributed by atoms with Crippen LogP contribution < -0.4 is 9.62 Å². The molecule has 0 saturated heterocycles. The van der Waals surface area contributed by atoms with Gasteiger partial charge in [-0.25, -0.2) is 9.10 Å². The molecule has 2 rings (SSSR count). The molecule has 1 saturated carbocycles. The van der Waals surface area contributed by atoms with Crippen LogP contribution in [0.5, 0.6) is 0 Å². The summed E-state index contributed by atoms with van der Waals surface area (Å²) in [7, 11) is 0. The molecule has 3 nitrogen and oxygen atoms in total. The van der Waals surface area contributed by atoms with Crippen LogP contribution in [-0.2, 0) is 19.3 Å². The van der Waals surface area contributed by atoms with Gasteiger partial charge in [0.1, 0.15) is 0 Å². The van der Waals surface area contributed by atoms with E-state index in [1.54, 1.807) is 4.31 Å². The summed E-state index contributed by atoms with van der Waals surface area (Å²) in [6.07, 6.45) is 11.3. The van der Waals surface area contributed by atoms with Gasteiger partial charge in [-0.05, 0) is 48.8 Å². The number of carbonyl (C=O) groups excluding carboxylic acids is 1. The van der Waals surface area contributed by atoms with E-state index in [1.807, 2.05) is 0 Å². The number of hydrogen-bond donors (Lipinski definition) is 2. The van der Waals surface area contributed by atoms with E-state index >= 15 is 0 Å². The van der Waals surface area contributed by atoms with Gasteiger partial charge in [0.25, 0.3) is 0 Å². The average Bonchev–Trinajstić information content (AvgIpc) is 2.61. The summed E-state index contributed by atoms with van der Waals surface area (Å²) in [6.45, 7) is 6.46. The lowest BCUT2D eigenvalue weighted by atomic mass is 9.96. The zero-order valence-corrected chi connectivity index (χ0v) is 17.0. The van der Waals surface area contributed by atoms with Gasteiger partial charge in [-0.2, -0.15) is 0 Å². The van der Waals surface area contributed by atoms with Crippen molar-refractivity contribution in [2.45, 2.75) is 91.0 Å². The maximum atomic E-state index is 12.8. The zero-order valence-electron chi connectivity index (χ0n) is 16.1. The van der Waals surface area contributed by atoms with Crippen LogP contribution in [0.15, 0.2) is 12.1 Å². The highest BCUT2D eigenvalue weighted by Gasteiger charge is 2.22. The Balaban J connectivity index is 2.17. The molecule has 0 unspecified atom stereocenters. The Bertz CT molecular complexity index is 540. The Hall–Kier alpha value is -1.16. The van der Waals surface area contributed by atoms with Gasteiger partial charge in [-0.3, -0.25) is 0 Å².